The van der Waals surface area contributed by atoms with Crippen LogP contribution in [0.5, 0.6) is 0 Å². The van der Waals surface area contributed by atoms with Crippen molar-refractivity contribution in [2.45, 2.75) is 17.5 Å². The number of thioether (sulfide) groups is 1. The molecule has 0 amide bonds. The van der Waals surface area contributed by atoms with E-state index < -0.39 is 17.7 Å². The Morgan fingerprint density at radius 3 is 2.29 bits per heavy atom. The van der Waals surface area contributed by atoms with Crippen molar-refractivity contribution in [3.8, 4) is 0 Å². The number of carbonyl (C=O) groups excluding carboxylic acids is 1. The van der Waals surface area contributed by atoms with Gasteiger partial charge < -0.3 is 0 Å². The van der Waals surface area contributed by atoms with Crippen LogP contribution in [0, 0.1) is 0 Å². The summed E-state index contributed by atoms with van der Waals surface area (Å²) in [5.74, 6) is 0. The highest BCUT2D eigenvalue weighted by Gasteiger charge is 2.31. The molecular weight excluding hydrogens is 213 g/mol. The molecule has 1 rings (SSSR count). The molecule has 0 saturated heterocycles. The lowest BCUT2D eigenvalue weighted by atomic mass is 10.4. The molecule has 0 atom stereocenters. The van der Waals surface area contributed by atoms with Crippen LogP contribution in [0.1, 0.15) is 6.42 Å². The normalized spacial score (nSPS) is 11.4. The van der Waals surface area contributed by atoms with Gasteiger partial charge in [-0.1, -0.05) is 30.0 Å². The van der Waals surface area contributed by atoms with E-state index in [1.54, 1.807) is 30.3 Å². The maximum absolute atomic E-state index is 11.8. The molecule has 1 aromatic carbocycles. The van der Waals surface area contributed by atoms with Gasteiger partial charge in [-0.25, -0.2) is 0 Å². The SMILES string of the molecule is O=C(CC(F)(F)F)Sc1ccccc1. The summed E-state index contributed by atoms with van der Waals surface area (Å²) in [4.78, 5) is 11.4. The summed E-state index contributed by atoms with van der Waals surface area (Å²) < 4.78 is 35.3. The first-order chi connectivity index (χ1) is 6.47. The smallest absolute Gasteiger partial charge is 0.286 e. The van der Waals surface area contributed by atoms with Gasteiger partial charge in [0, 0.05) is 4.90 Å². The average molecular weight is 220 g/mol. The van der Waals surface area contributed by atoms with Crippen molar-refractivity contribution in [3.63, 3.8) is 0 Å². The molecule has 0 saturated carbocycles. The standard InChI is InChI=1S/C9H7F3OS/c10-9(11,12)6-8(13)14-7-4-2-1-3-5-7/h1-5H,6H2. The number of benzene rings is 1. The first-order valence-corrected chi connectivity index (χ1v) is 4.61. The Kier molecular flexibility index (Phi) is 3.57. The lowest BCUT2D eigenvalue weighted by Gasteiger charge is -2.04. The minimum absolute atomic E-state index is 0.529. The molecule has 0 spiro atoms. The fraction of sp³-hybridized carbons (Fsp3) is 0.222. The van der Waals surface area contributed by atoms with Crippen LogP contribution in [0.4, 0.5) is 13.2 Å². The summed E-state index contributed by atoms with van der Waals surface area (Å²) in [5.41, 5.74) is 0. The van der Waals surface area contributed by atoms with E-state index in [-0.39, 0.29) is 0 Å². The van der Waals surface area contributed by atoms with Gasteiger partial charge in [-0.05, 0) is 12.1 Å². The minimum Gasteiger partial charge on any atom is -0.286 e. The minimum atomic E-state index is -4.42. The molecule has 0 unspecified atom stereocenters. The highest BCUT2D eigenvalue weighted by atomic mass is 32.2. The van der Waals surface area contributed by atoms with Crippen LogP contribution in [0.3, 0.4) is 0 Å². The first kappa shape index (κ1) is 11.1. The van der Waals surface area contributed by atoms with Crippen molar-refractivity contribution in [1.82, 2.24) is 0 Å². The van der Waals surface area contributed by atoms with Crippen LogP contribution in [0.25, 0.3) is 0 Å². The fourth-order valence-electron chi connectivity index (χ4n) is 0.820. The second-order valence-corrected chi connectivity index (χ2v) is 3.71. The molecule has 1 aromatic rings. The van der Waals surface area contributed by atoms with E-state index in [0.29, 0.717) is 16.7 Å². The lowest BCUT2D eigenvalue weighted by Crippen LogP contribution is -2.12. The van der Waals surface area contributed by atoms with Gasteiger partial charge in [0.25, 0.3) is 0 Å². The summed E-state index contributed by atoms with van der Waals surface area (Å²) in [6, 6.07) is 8.27. The van der Waals surface area contributed by atoms with E-state index in [1.807, 2.05) is 0 Å². The molecule has 0 aromatic heterocycles. The number of hydrogen-bond acceptors (Lipinski definition) is 2. The van der Waals surface area contributed by atoms with Gasteiger partial charge in [-0.15, -0.1) is 0 Å². The van der Waals surface area contributed by atoms with Crippen molar-refractivity contribution in [2.24, 2.45) is 0 Å². The van der Waals surface area contributed by atoms with Gasteiger partial charge in [0.1, 0.15) is 6.42 Å². The van der Waals surface area contributed by atoms with Crippen molar-refractivity contribution in [1.29, 1.82) is 0 Å². The fourth-order valence-corrected chi connectivity index (χ4v) is 1.61. The number of hydrogen-bond donors (Lipinski definition) is 0. The monoisotopic (exact) mass is 220 g/mol. The van der Waals surface area contributed by atoms with E-state index in [4.69, 9.17) is 0 Å². The third kappa shape index (κ3) is 4.32. The third-order valence-corrected chi connectivity index (χ3v) is 2.20. The van der Waals surface area contributed by atoms with Crippen molar-refractivity contribution in [3.05, 3.63) is 30.3 Å². The highest BCUT2D eigenvalue weighted by molar-refractivity contribution is 8.13. The molecule has 0 radical (unpaired) electrons. The summed E-state index contributed by atoms with van der Waals surface area (Å²) in [6.45, 7) is 0. The second-order valence-electron chi connectivity index (χ2n) is 2.58. The van der Waals surface area contributed by atoms with Crippen molar-refractivity contribution >= 4 is 16.9 Å². The van der Waals surface area contributed by atoms with Gasteiger partial charge in [0.05, 0.1) is 0 Å². The molecule has 0 N–H and O–H groups in total. The molecule has 0 heterocycles. The number of carbonyl (C=O) groups is 1. The molecule has 0 aliphatic heterocycles. The zero-order valence-electron chi connectivity index (χ0n) is 7.04. The largest absolute Gasteiger partial charge is 0.396 e. The second kappa shape index (κ2) is 4.50. The Morgan fingerprint density at radius 2 is 1.79 bits per heavy atom. The average Bonchev–Trinajstić information content (AvgIpc) is 2.02. The molecular formula is C9H7F3OS. The maximum Gasteiger partial charge on any atom is 0.396 e. The quantitative estimate of drug-likeness (QED) is 0.711. The Bertz CT molecular complexity index is 308. The van der Waals surface area contributed by atoms with E-state index in [2.05, 4.69) is 0 Å². The lowest BCUT2D eigenvalue weighted by molar-refractivity contribution is -0.146. The van der Waals surface area contributed by atoms with Crippen LogP contribution in [0.15, 0.2) is 35.2 Å². The predicted molar refractivity (Wildman–Crippen MR) is 48.0 cm³/mol. The summed E-state index contributed by atoms with van der Waals surface area (Å²) in [5, 5.41) is -0.885. The van der Waals surface area contributed by atoms with E-state index in [1.165, 1.54) is 0 Å². The maximum atomic E-state index is 11.8. The molecule has 0 aliphatic rings. The van der Waals surface area contributed by atoms with Gasteiger partial charge in [0.15, 0.2) is 0 Å². The molecule has 0 aliphatic carbocycles. The number of rotatable bonds is 2. The van der Waals surface area contributed by atoms with Crippen molar-refractivity contribution < 1.29 is 18.0 Å². The van der Waals surface area contributed by atoms with E-state index >= 15 is 0 Å². The van der Waals surface area contributed by atoms with Crippen LogP contribution in [-0.4, -0.2) is 11.3 Å². The number of alkyl halides is 3. The van der Waals surface area contributed by atoms with Gasteiger partial charge in [-0.3, -0.25) is 4.79 Å². The van der Waals surface area contributed by atoms with Gasteiger partial charge in [0.2, 0.25) is 5.12 Å². The molecule has 5 heteroatoms. The number of halogens is 3. The molecule has 0 fully saturated rings. The van der Waals surface area contributed by atoms with Crippen LogP contribution >= 0.6 is 11.8 Å². The first-order valence-electron chi connectivity index (χ1n) is 3.80. The zero-order chi connectivity index (χ0) is 10.6. The van der Waals surface area contributed by atoms with Gasteiger partial charge >= 0.3 is 6.18 Å². The molecule has 0 bridgehead atoms. The topological polar surface area (TPSA) is 17.1 Å². The Hall–Kier alpha value is -0.970. The molecule has 76 valence electrons. The van der Waals surface area contributed by atoms with Crippen LogP contribution in [-0.2, 0) is 4.79 Å². The summed E-state index contributed by atoms with van der Waals surface area (Å²) in [6.07, 6.45) is -5.80. The predicted octanol–water partition coefficient (Wildman–Crippen LogP) is 3.26. The van der Waals surface area contributed by atoms with Crippen LogP contribution < -0.4 is 0 Å². The zero-order valence-corrected chi connectivity index (χ0v) is 7.86. The van der Waals surface area contributed by atoms with Crippen molar-refractivity contribution in [2.75, 3.05) is 0 Å². The molecule has 14 heavy (non-hydrogen) atoms. The Balaban J connectivity index is 2.50. The summed E-state index contributed by atoms with van der Waals surface area (Å²) in [7, 11) is 0. The van der Waals surface area contributed by atoms with Gasteiger partial charge in [-0.2, -0.15) is 13.2 Å². The molecule has 1 nitrogen and oxygen atoms in total. The highest BCUT2D eigenvalue weighted by Crippen LogP contribution is 2.27. The van der Waals surface area contributed by atoms with E-state index in [0.717, 1.165) is 0 Å². The Morgan fingerprint density at radius 1 is 1.21 bits per heavy atom. The van der Waals surface area contributed by atoms with E-state index in [9.17, 15) is 18.0 Å². The third-order valence-electron chi connectivity index (χ3n) is 1.32. The van der Waals surface area contributed by atoms with Crippen LogP contribution in [0.2, 0.25) is 0 Å². The Labute approximate surface area is 83.3 Å². The summed E-state index contributed by atoms with van der Waals surface area (Å²) >= 11 is 0.612.